The van der Waals surface area contributed by atoms with E-state index in [2.05, 4.69) is 10.6 Å². The van der Waals surface area contributed by atoms with Crippen LogP contribution in [-0.2, 0) is 20.9 Å². The van der Waals surface area contributed by atoms with Gasteiger partial charge in [0.15, 0.2) is 0 Å². The van der Waals surface area contributed by atoms with Gasteiger partial charge in [0.05, 0.1) is 43.5 Å². The van der Waals surface area contributed by atoms with Gasteiger partial charge in [-0.25, -0.2) is 14.2 Å². The third-order valence-corrected chi connectivity index (χ3v) is 11.6. The highest BCUT2D eigenvalue weighted by Gasteiger charge is 2.40. The summed E-state index contributed by atoms with van der Waals surface area (Å²) in [6.07, 6.45) is 0.659. The van der Waals surface area contributed by atoms with Gasteiger partial charge in [-0.3, -0.25) is 9.59 Å². The third kappa shape index (κ3) is 8.89. The van der Waals surface area contributed by atoms with Crippen LogP contribution in [0.25, 0.3) is 33.4 Å². The number of aromatic carboxylic acids is 1. The van der Waals surface area contributed by atoms with Gasteiger partial charge in [0.2, 0.25) is 11.3 Å². The van der Waals surface area contributed by atoms with Gasteiger partial charge in [-0.1, -0.05) is 18.2 Å². The fourth-order valence-electron chi connectivity index (χ4n) is 8.22. The number of rotatable bonds is 12. The molecule has 318 valence electrons. The van der Waals surface area contributed by atoms with E-state index in [0.29, 0.717) is 79.6 Å². The number of nitrogens with zero attached hydrogens (tertiary/aromatic N) is 4. The van der Waals surface area contributed by atoms with Crippen molar-refractivity contribution in [2.45, 2.75) is 25.2 Å². The fourth-order valence-corrected chi connectivity index (χ4v) is 8.22. The molecule has 15 nitrogen and oxygen atoms in total. The van der Waals surface area contributed by atoms with E-state index in [0.717, 1.165) is 27.6 Å². The van der Waals surface area contributed by atoms with E-state index >= 15 is 0 Å². The van der Waals surface area contributed by atoms with Crippen LogP contribution in [0.1, 0.15) is 32.7 Å². The van der Waals surface area contributed by atoms with Crippen molar-refractivity contribution in [2.75, 3.05) is 85.6 Å². The Morgan fingerprint density at radius 2 is 1.79 bits per heavy atom. The predicted molar refractivity (Wildman–Crippen MR) is 229 cm³/mol. The molecule has 3 fully saturated rings. The number of carboxylic acid groups (broad SMARTS) is 1. The number of hydrogen-bond acceptors (Lipinski definition) is 9. The van der Waals surface area contributed by atoms with Crippen molar-refractivity contribution >= 4 is 40.5 Å². The maximum atomic E-state index is 13.6. The molecule has 2 atom stereocenters. The van der Waals surface area contributed by atoms with Gasteiger partial charge in [-0.05, 0) is 54.4 Å². The van der Waals surface area contributed by atoms with E-state index in [4.69, 9.17) is 18.6 Å². The van der Waals surface area contributed by atoms with Crippen molar-refractivity contribution < 1.29 is 42.9 Å². The first-order valence-electron chi connectivity index (χ1n) is 20.5. The second-order valence-electron chi connectivity index (χ2n) is 16.2. The second-order valence-corrected chi connectivity index (χ2v) is 16.2. The number of ether oxygens (including phenoxy) is 3. The van der Waals surface area contributed by atoms with Gasteiger partial charge >= 0.3 is 12.0 Å². The van der Waals surface area contributed by atoms with E-state index in [1.54, 1.807) is 11.0 Å². The zero-order chi connectivity index (χ0) is 42.8. The highest BCUT2D eigenvalue weighted by molar-refractivity contribution is 6.09. The number of urea groups is 1. The lowest BCUT2D eigenvalue weighted by atomic mass is 9.89. The number of likely N-dealkylation sites (tertiary alicyclic amines) is 2. The number of carboxylic acids is 1. The van der Waals surface area contributed by atoms with Crippen LogP contribution in [0, 0.1) is 5.92 Å². The number of benzene rings is 4. The van der Waals surface area contributed by atoms with Crippen LogP contribution in [-0.4, -0.2) is 132 Å². The van der Waals surface area contributed by atoms with Crippen molar-refractivity contribution in [2.24, 2.45) is 5.92 Å². The number of carbonyl (C=O) groups is 4. The van der Waals surface area contributed by atoms with Gasteiger partial charge in [0.1, 0.15) is 44.4 Å². The summed E-state index contributed by atoms with van der Waals surface area (Å²) >= 11 is 0. The summed E-state index contributed by atoms with van der Waals surface area (Å²) in [5, 5.41) is 17.9. The Hall–Kier alpha value is -6.45. The molecule has 1 aliphatic carbocycles. The number of fused-ring (bicyclic) bond motifs is 3. The number of hydrogen-bond donors (Lipinski definition) is 3. The minimum absolute atomic E-state index is 0.0227. The third-order valence-electron chi connectivity index (χ3n) is 11.6. The average Bonchev–Trinajstić information content (AvgIpc) is 3.24. The van der Waals surface area contributed by atoms with Gasteiger partial charge in [0, 0.05) is 91.7 Å². The maximum Gasteiger partial charge on any atom is 0.336 e. The maximum absolute atomic E-state index is 13.6. The minimum Gasteiger partial charge on any atom is -0.491 e. The fraction of sp³-hybridized carbons (Fsp3) is 0.370. The van der Waals surface area contributed by atoms with E-state index in [1.165, 1.54) is 12.1 Å². The first-order valence-corrected chi connectivity index (χ1v) is 20.5. The van der Waals surface area contributed by atoms with Gasteiger partial charge in [-0.2, -0.15) is 0 Å². The molecule has 0 bridgehead atoms. The molecular weight excluding hydrogens is 781 g/mol. The summed E-state index contributed by atoms with van der Waals surface area (Å²) in [6.45, 7) is 3.54. The molecule has 4 aliphatic heterocycles. The lowest BCUT2D eigenvalue weighted by molar-refractivity contribution is -0.139. The van der Waals surface area contributed by atoms with Crippen molar-refractivity contribution in [1.29, 1.82) is 0 Å². The largest absolute Gasteiger partial charge is 0.491 e. The summed E-state index contributed by atoms with van der Waals surface area (Å²) in [4.78, 5) is 56.7. The number of para-hydroxylation sites is 1. The Kier molecular flexibility index (Phi) is 11.9. The summed E-state index contributed by atoms with van der Waals surface area (Å²) in [5.41, 5.74) is 4.51. The lowest BCUT2D eigenvalue weighted by Crippen LogP contribution is -2.64. The monoisotopic (exact) mass is 831 g/mol. The first-order chi connectivity index (χ1) is 29.4. The zero-order valence-electron chi connectivity index (χ0n) is 34.8. The van der Waals surface area contributed by atoms with Gasteiger partial charge < -0.3 is 49.1 Å². The number of nitrogens with one attached hydrogen (secondary N) is 2. The molecule has 15 heteroatoms. The molecule has 3 saturated heterocycles. The molecule has 4 heterocycles. The number of piperidine rings is 1. The second kappa shape index (κ2) is 17.6. The van der Waals surface area contributed by atoms with Crippen molar-refractivity contribution in [3.63, 3.8) is 0 Å². The summed E-state index contributed by atoms with van der Waals surface area (Å²) in [6, 6.07) is 23.6. The summed E-state index contributed by atoms with van der Waals surface area (Å²) in [5.74, 6) is -0.187. The topological polar surface area (TPSA) is 166 Å². The molecule has 3 N–H and O–H groups in total. The Labute approximate surface area is 353 Å². The molecule has 8 rings (SSSR count). The van der Waals surface area contributed by atoms with Crippen LogP contribution < -0.4 is 30.2 Å². The standard InChI is InChI=1S/C46H50N6O9/c1-49(2)31-10-13-34-40(20-31)61-41-21-32(50(3)4)11-14-35(41)43(34)36-19-29(9-12-33(36)45(55)56)44(54)47-16-18-59-38-8-6-5-7-30(38)26-58-25-28-22-52(23-28)46(57)51-17-15-39-37(24-51)48-42(53)27-60-39/h5-14,19-21,28,37,39H,15-18,22-27H2,1-4H3,(H2-,47,48,53,54,55,56)/p+1/t37-,39+/m1/s1. The predicted octanol–water partition coefficient (Wildman–Crippen LogP) is 3.97. The molecular formula is C46H51N6O9+. The summed E-state index contributed by atoms with van der Waals surface area (Å²) in [7, 11) is 7.76. The van der Waals surface area contributed by atoms with E-state index < -0.39 is 5.97 Å². The van der Waals surface area contributed by atoms with Gasteiger partial charge in [-0.15, -0.1) is 0 Å². The van der Waals surface area contributed by atoms with Crippen LogP contribution in [0.5, 0.6) is 5.75 Å². The minimum atomic E-state index is -1.11. The number of anilines is 1. The van der Waals surface area contributed by atoms with Crippen LogP contribution in [0.3, 0.4) is 0 Å². The van der Waals surface area contributed by atoms with Crippen LogP contribution in [0.4, 0.5) is 10.5 Å². The molecule has 0 unspecified atom stereocenters. The molecule has 0 saturated carbocycles. The molecule has 5 aliphatic rings. The van der Waals surface area contributed by atoms with Crippen molar-refractivity contribution in [3.8, 4) is 28.2 Å². The van der Waals surface area contributed by atoms with E-state index in [1.807, 2.05) is 103 Å². The molecule has 0 radical (unpaired) electrons. The smallest absolute Gasteiger partial charge is 0.336 e. The quantitative estimate of drug-likeness (QED) is 0.0952. The van der Waals surface area contributed by atoms with Crippen molar-refractivity contribution in [3.05, 3.63) is 101 Å². The number of morpholine rings is 1. The molecule has 4 amide bonds. The SMILES string of the molecule is CN(C)c1ccc2c(-c3cc(C(=O)NCCOc4ccccc4COCC4CN(C(=O)N5CC[C@@H]6OCC(=O)N[C@@H]6C5)C4)ccc3C(=O)O)c3ccc(=[N+](C)C)cc-3oc2c1. The molecule has 0 spiro atoms. The zero-order valence-corrected chi connectivity index (χ0v) is 34.8. The first kappa shape index (κ1) is 41.3. The van der Waals surface area contributed by atoms with Gasteiger partial charge in [0.25, 0.3) is 5.91 Å². The van der Waals surface area contributed by atoms with Crippen LogP contribution in [0.15, 0.2) is 83.3 Å². The normalized spacial score (nSPS) is 17.7. The Balaban J connectivity index is 0.881. The van der Waals surface area contributed by atoms with Crippen LogP contribution >= 0.6 is 0 Å². The average molecular weight is 832 g/mol. The molecule has 61 heavy (non-hydrogen) atoms. The van der Waals surface area contributed by atoms with E-state index in [-0.39, 0.29) is 61.2 Å². The highest BCUT2D eigenvalue weighted by Crippen LogP contribution is 2.42. The Bertz CT molecular complexity index is 2530. The van der Waals surface area contributed by atoms with Crippen LogP contribution in [0.2, 0.25) is 0 Å². The highest BCUT2D eigenvalue weighted by atomic mass is 16.5. The number of carbonyl (C=O) groups excluding carboxylic acids is 3. The lowest BCUT2D eigenvalue weighted by Gasteiger charge is -2.46. The molecule has 3 aromatic carbocycles. The number of amides is 4. The Morgan fingerprint density at radius 1 is 0.967 bits per heavy atom. The Morgan fingerprint density at radius 3 is 2.57 bits per heavy atom. The van der Waals surface area contributed by atoms with E-state index in [9.17, 15) is 24.3 Å². The molecule has 0 aromatic heterocycles. The molecule has 3 aromatic rings. The van der Waals surface area contributed by atoms with Crippen molar-refractivity contribution in [1.82, 2.24) is 25.0 Å². The summed E-state index contributed by atoms with van der Waals surface area (Å²) < 4.78 is 26.2.